The van der Waals surface area contributed by atoms with Gasteiger partial charge in [0.25, 0.3) is 6.33 Å². The van der Waals surface area contributed by atoms with Gasteiger partial charge < -0.3 is 0 Å². The van der Waals surface area contributed by atoms with Gasteiger partial charge in [-0.2, -0.15) is 9.13 Å². The highest BCUT2D eigenvalue weighted by Gasteiger charge is 2.21. The van der Waals surface area contributed by atoms with Crippen LogP contribution in [0.5, 0.6) is 0 Å². The number of hydrogen-bond donors (Lipinski definition) is 0. The second kappa shape index (κ2) is 8.31. The van der Waals surface area contributed by atoms with Crippen LogP contribution < -0.4 is 4.57 Å². The number of aryl methyl sites for hydroxylation is 2. The van der Waals surface area contributed by atoms with Gasteiger partial charge in [0.15, 0.2) is 11.0 Å². The highest BCUT2D eigenvalue weighted by Crippen LogP contribution is 2.26. The van der Waals surface area contributed by atoms with E-state index in [1.54, 1.807) is 0 Å². The first-order valence-corrected chi connectivity index (χ1v) is 11.0. The van der Waals surface area contributed by atoms with Crippen molar-refractivity contribution in [2.75, 3.05) is 0 Å². The van der Waals surface area contributed by atoms with Gasteiger partial charge in [-0.05, 0) is 84.5 Å². The van der Waals surface area contributed by atoms with Gasteiger partial charge in [-0.15, -0.1) is 0 Å². The van der Waals surface area contributed by atoms with Crippen molar-refractivity contribution in [1.82, 2.24) is 4.57 Å². The van der Waals surface area contributed by atoms with Gasteiger partial charge >= 0.3 is 0 Å². The SMILES string of the molecule is CC.Cc1cc2c(cc1C)[n+](C1=CCC(C)C=C1)cn2-c1ccc2ccccc2c1. The van der Waals surface area contributed by atoms with E-state index in [-0.39, 0.29) is 0 Å². The van der Waals surface area contributed by atoms with Gasteiger partial charge in [-0.25, -0.2) is 0 Å². The molecule has 0 aliphatic heterocycles. The Hall–Kier alpha value is -3.13. The Morgan fingerprint density at radius 3 is 2.37 bits per heavy atom. The number of nitrogens with zero attached hydrogens (tertiary/aromatic N) is 2. The number of imidazole rings is 1. The highest BCUT2D eigenvalue weighted by atomic mass is 15.1. The largest absolute Gasteiger partial charge is 0.255 e. The third kappa shape index (κ3) is 3.59. The van der Waals surface area contributed by atoms with Crippen LogP contribution in [-0.2, 0) is 0 Å². The molecule has 0 radical (unpaired) electrons. The molecule has 0 spiro atoms. The molecule has 4 aromatic rings. The van der Waals surface area contributed by atoms with Crippen LogP contribution in [0.3, 0.4) is 0 Å². The summed E-state index contributed by atoms with van der Waals surface area (Å²) in [5.41, 5.74) is 7.59. The van der Waals surface area contributed by atoms with Crippen LogP contribution in [0.25, 0.3) is 33.2 Å². The zero-order valence-corrected chi connectivity index (χ0v) is 18.7. The zero-order valence-electron chi connectivity index (χ0n) is 18.7. The van der Waals surface area contributed by atoms with Gasteiger partial charge in [0.2, 0.25) is 0 Å². The molecule has 0 saturated heterocycles. The predicted molar refractivity (Wildman–Crippen MR) is 129 cm³/mol. The van der Waals surface area contributed by atoms with Crippen molar-refractivity contribution in [1.29, 1.82) is 0 Å². The molecule has 3 aromatic carbocycles. The van der Waals surface area contributed by atoms with Gasteiger partial charge in [0.05, 0.1) is 0 Å². The number of benzene rings is 3. The van der Waals surface area contributed by atoms with E-state index >= 15 is 0 Å². The summed E-state index contributed by atoms with van der Waals surface area (Å²) >= 11 is 0. The molecule has 152 valence electrons. The minimum atomic E-state index is 0.613. The van der Waals surface area contributed by atoms with E-state index in [2.05, 4.69) is 109 Å². The van der Waals surface area contributed by atoms with E-state index in [1.807, 2.05) is 13.8 Å². The van der Waals surface area contributed by atoms with Gasteiger partial charge in [0.1, 0.15) is 11.4 Å². The van der Waals surface area contributed by atoms with E-state index < -0.39 is 0 Å². The number of fused-ring (bicyclic) bond motifs is 2. The third-order valence-electron chi connectivity index (χ3n) is 5.92. The van der Waals surface area contributed by atoms with E-state index in [9.17, 15) is 0 Å². The molecule has 1 atom stereocenters. The molecule has 30 heavy (non-hydrogen) atoms. The highest BCUT2D eigenvalue weighted by molar-refractivity contribution is 5.85. The zero-order chi connectivity index (χ0) is 21.3. The normalized spacial score (nSPS) is 15.8. The Bertz CT molecular complexity index is 1270. The van der Waals surface area contributed by atoms with Crippen molar-refractivity contribution in [2.24, 2.45) is 5.92 Å². The molecule has 1 aliphatic rings. The topological polar surface area (TPSA) is 8.81 Å². The minimum absolute atomic E-state index is 0.613. The number of hydrogen-bond acceptors (Lipinski definition) is 0. The lowest BCUT2D eigenvalue weighted by Crippen LogP contribution is -2.30. The average Bonchev–Trinajstić information content (AvgIpc) is 3.14. The van der Waals surface area contributed by atoms with Crippen LogP contribution in [0, 0.1) is 19.8 Å². The van der Waals surface area contributed by atoms with Crippen LogP contribution in [0.1, 0.15) is 38.3 Å². The fourth-order valence-electron chi connectivity index (χ4n) is 4.04. The monoisotopic (exact) mass is 395 g/mol. The maximum atomic E-state index is 2.35. The van der Waals surface area contributed by atoms with Crippen LogP contribution in [-0.4, -0.2) is 4.57 Å². The second-order valence-corrected chi connectivity index (χ2v) is 8.01. The standard InChI is InChI=1S/C26H25N2.C2H6/c1-18-8-11-23(12-9-18)27-17-28(26-15-20(3)19(2)14-25(26)27)24-13-10-21-6-4-5-7-22(21)16-24;1-2/h4-8,10-18H,9H2,1-3H3;1-2H3/q+1;. The summed E-state index contributed by atoms with van der Waals surface area (Å²) in [5.74, 6) is 0.613. The van der Waals surface area contributed by atoms with E-state index in [4.69, 9.17) is 0 Å². The Kier molecular flexibility index (Phi) is 5.59. The third-order valence-corrected chi connectivity index (χ3v) is 5.92. The molecule has 0 saturated carbocycles. The Balaban J connectivity index is 0.00000106. The summed E-state index contributed by atoms with van der Waals surface area (Å²) in [5, 5.41) is 2.54. The van der Waals surface area contributed by atoms with Crippen LogP contribution in [0.4, 0.5) is 0 Å². The van der Waals surface area contributed by atoms with Crippen LogP contribution in [0.2, 0.25) is 0 Å². The number of aromatic nitrogens is 2. The first-order chi connectivity index (χ1) is 14.6. The quantitative estimate of drug-likeness (QED) is 0.319. The molecule has 0 N–H and O–H groups in total. The summed E-state index contributed by atoms with van der Waals surface area (Å²) in [6, 6.07) is 19.9. The summed E-state index contributed by atoms with van der Waals surface area (Å²) in [6.45, 7) is 10.7. The molecular formula is C28H31N2+. The summed E-state index contributed by atoms with van der Waals surface area (Å²) < 4.78 is 4.65. The molecule has 1 heterocycles. The molecular weight excluding hydrogens is 364 g/mol. The average molecular weight is 396 g/mol. The first kappa shape index (κ1) is 20.2. The lowest BCUT2D eigenvalue weighted by Gasteiger charge is -2.09. The molecule has 1 aliphatic carbocycles. The van der Waals surface area contributed by atoms with E-state index in [0.717, 1.165) is 6.42 Å². The maximum Gasteiger partial charge on any atom is 0.255 e. The van der Waals surface area contributed by atoms with Crippen molar-refractivity contribution in [2.45, 2.75) is 41.0 Å². The van der Waals surface area contributed by atoms with E-state index in [1.165, 1.54) is 44.3 Å². The van der Waals surface area contributed by atoms with Crippen LogP contribution >= 0.6 is 0 Å². The minimum Gasteiger partial charge on any atom is -0.195 e. The second-order valence-electron chi connectivity index (χ2n) is 8.01. The van der Waals surface area contributed by atoms with Gasteiger partial charge in [-0.1, -0.05) is 57.2 Å². The Morgan fingerprint density at radius 1 is 0.900 bits per heavy atom. The van der Waals surface area contributed by atoms with Gasteiger partial charge in [0, 0.05) is 0 Å². The van der Waals surface area contributed by atoms with Crippen LogP contribution in [0.15, 0.2) is 79.2 Å². The fourth-order valence-corrected chi connectivity index (χ4v) is 4.04. The Morgan fingerprint density at radius 2 is 1.63 bits per heavy atom. The molecule has 5 rings (SSSR count). The summed E-state index contributed by atoms with van der Waals surface area (Å²) in [4.78, 5) is 0. The molecule has 1 aromatic heterocycles. The molecule has 0 fully saturated rings. The van der Waals surface area contributed by atoms with Crippen molar-refractivity contribution in [3.8, 4) is 5.69 Å². The lowest BCUT2D eigenvalue weighted by molar-refractivity contribution is -0.550. The lowest BCUT2D eigenvalue weighted by atomic mass is 10.0. The number of rotatable bonds is 2. The Labute approximate surface area is 179 Å². The maximum absolute atomic E-state index is 2.35. The molecule has 0 bridgehead atoms. The summed E-state index contributed by atoms with van der Waals surface area (Å²) in [7, 11) is 0. The smallest absolute Gasteiger partial charge is 0.195 e. The van der Waals surface area contributed by atoms with Crippen molar-refractivity contribution in [3.05, 3.63) is 90.3 Å². The molecule has 2 nitrogen and oxygen atoms in total. The predicted octanol–water partition coefficient (Wildman–Crippen LogP) is 7.15. The molecule has 0 amide bonds. The first-order valence-electron chi connectivity index (χ1n) is 11.0. The molecule has 1 unspecified atom stereocenters. The summed E-state index contributed by atoms with van der Waals surface area (Å²) in [6.07, 6.45) is 10.2. The molecule has 2 heteroatoms. The fraction of sp³-hybridized carbons (Fsp3) is 0.250. The van der Waals surface area contributed by atoms with E-state index in [0.29, 0.717) is 5.92 Å². The van der Waals surface area contributed by atoms with Crippen molar-refractivity contribution >= 4 is 27.5 Å². The van der Waals surface area contributed by atoms with Gasteiger partial charge in [-0.3, -0.25) is 0 Å². The van der Waals surface area contributed by atoms with Crippen molar-refractivity contribution < 1.29 is 4.57 Å². The number of allylic oxidation sites excluding steroid dienone is 4. The van der Waals surface area contributed by atoms with Crippen molar-refractivity contribution in [3.63, 3.8) is 0 Å².